The molecule has 3 N–H and O–H groups in total. The number of carbonyl (C=O) groups excluding carboxylic acids is 1. The molecule has 0 aliphatic carbocycles. The first kappa shape index (κ1) is 19.2. The summed E-state index contributed by atoms with van der Waals surface area (Å²) in [6.07, 6.45) is 0.465. The lowest BCUT2D eigenvalue weighted by Crippen LogP contribution is -2.40. The summed E-state index contributed by atoms with van der Waals surface area (Å²) in [6.45, 7) is 1.26. The Morgan fingerprint density at radius 3 is 2.85 bits per heavy atom. The molecule has 1 aliphatic rings. The number of benzene rings is 2. The first-order chi connectivity index (χ1) is 13.1. The zero-order chi connectivity index (χ0) is 19.2. The van der Waals surface area contributed by atoms with Gasteiger partial charge in [-0.2, -0.15) is 0 Å². The van der Waals surface area contributed by atoms with Crippen molar-refractivity contribution in [2.75, 3.05) is 26.0 Å². The van der Waals surface area contributed by atoms with E-state index in [1.54, 1.807) is 14.2 Å². The summed E-state index contributed by atoms with van der Waals surface area (Å²) in [5, 5.41) is 9.56. The molecule has 1 atom stereocenters. The number of hydrogen-bond acceptors (Lipinski definition) is 3. The molecule has 0 saturated carbocycles. The van der Waals surface area contributed by atoms with Crippen LogP contribution in [0, 0.1) is 0 Å². The third-order valence-corrected chi connectivity index (χ3v) is 5.14. The van der Waals surface area contributed by atoms with Crippen molar-refractivity contribution in [1.82, 2.24) is 10.6 Å². The minimum atomic E-state index is 0.0477. The van der Waals surface area contributed by atoms with Crippen molar-refractivity contribution in [3.8, 4) is 5.75 Å². The van der Waals surface area contributed by atoms with Crippen LogP contribution in [-0.2, 0) is 11.3 Å². The Hall–Kier alpha value is -2.54. The third-order valence-electron chi connectivity index (χ3n) is 4.52. The zero-order valence-corrected chi connectivity index (χ0v) is 17.0. The van der Waals surface area contributed by atoms with E-state index in [1.807, 2.05) is 36.4 Å². The highest BCUT2D eigenvalue weighted by atomic mass is 79.9. The Balaban J connectivity index is 1.58. The zero-order valence-electron chi connectivity index (χ0n) is 15.4. The summed E-state index contributed by atoms with van der Waals surface area (Å²) in [5.74, 6) is 1.66. The largest absolute Gasteiger partial charge is 0.496 e. The molecule has 7 heteroatoms. The average molecular weight is 431 g/mol. The molecule has 3 rings (SSSR count). The fourth-order valence-corrected chi connectivity index (χ4v) is 3.72. The van der Waals surface area contributed by atoms with Crippen LogP contribution in [0.4, 0.5) is 5.69 Å². The smallest absolute Gasteiger partial charge is 0.225 e. The predicted octanol–water partition coefficient (Wildman–Crippen LogP) is 3.25. The minimum absolute atomic E-state index is 0.0477. The van der Waals surface area contributed by atoms with E-state index in [9.17, 15) is 4.79 Å². The van der Waals surface area contributed by atoms with Crippen molar-refractivity contribution in [2.45, 2.75) is 18.9 Å². The molecular formula is C20H23BrN4O2. The Labute approximate surface area is 167 Å². The van der Waals surface area contributed by atoms with Gasteiger partial charge in [-0.1, -0.05) is 24.3 Å². The minimum Gasteiger partial charge on any atom is -0.496 e. The van der Waals surface area contributed by atoms with Crippen LogP contribution >= 0.6 is 15.9 Å². The number of methoxy groups -OCH3 is 1. The summed E-state index contributed by atoms with van der Waals surface area (Å²) in [6, 6.07) is 13.9. The van der Waals surface area contributed by atoms with Gasteiger partial charge in [-0.25, -0.2) is 0 Å². The molecular weight excluding hydrogens is 408 g/mol. The van der Waals surface area contributed by atoms with Crippen molar-refractivity contribution >= 4 is 33.5 Å². The fraction of sp³-hybridized carbons (Fsp3) is 0.300. The van der Waals surface area contributed by atoms with Gasteiger partial charge >= 0.3 is 0 Å². The number of anilines is 1. The van der Waals surface area contributed by atoms with E-state index in [1.165, 1.54) is 0 Å². The topological polar surface area (TPSA) is 74.8 Å². The lowest BCUT2D eigenvalue weighted by atomic mass is 9.90. The Bertz CT molecular complexity index is 854. The van der Waals surface area contributed by atoms with E-state index in [2.05, 4.69) is 42.9 Å². The van der Waals surface area contributed by atoms with Crippen LogP contribution in [0.5, 0.6) is 5.75 Å². The molecule has 2 aromatic carbocycles. The van der Waals surface area contributed by atoms with Gasteiger partial charge in [0.25, 0.3) is 0 Å². The number of fused-ring (bicyclic) bond motifs is 1. The summed E-state index contributed by atoms with van der Waals surface area (Å²) in [7, 11) is 3.38. The monoisotopic (exact) mass is 430 g/mol. The highest BCUT2D eigenvalue weighted by molar-refractivity contribution is 9.10. The standard InChI is InChI=1S/C20H23BrN4O2/c1-22-20(23-11-13-7-8-18(27-2)16(21)9-13)24-12-14-10-19(26)25-17-6-4-3-5-15(14)17/h3-9,14H,10-12H2,1-2H3,(H,25,26)(H2,22,23,24). The normalized spacial score (nSPS) is 16.3. The van der Waals surface area contributed by atoms with E-state index in [-0.39, 0.29) is 11.8 Å². The number of hydrogen-bond donors (Lipinski definition) is 3. The number of halogens is 1. The first-order valence-electron chi connectivity index (χ1n) is 8.76. The van der Waals surface area contributed by atoms with E-state index in [0.717, 1.165) is 27.0 Å². The SMILES string of the molecule is CN=C(NCc1ccc(OC)c(Br)c1)NCC1CC(=O)Nc2ccccc21. The van der Waals surface area contributed by atoms with Gasteiger partial charge in [-0.05, 0) is 45.3 Å². The molecule has 0 aromatic heterocycles. The maximum absolute atomic E-state index is 11.9. The van der Waals surface area contributed by atoms with Crippen LogP contribution in [0.1, 0.15) is 23.5 Å². The van der Waals surface area contributed by atoms with Crippen molar-refractivity contribution in [3.05, 3.63) is 58.1 Å². The third kappa shape index (κ3) is 4.80. The number of amides is 1. The number of ether oxygens (including phenoxy) is 1. The van der Waals surface area contributed by atoms with Gasteiger partial charge < -0.3 is 20.7 Å². The second-order valence-electron chi connectivity index (χ2n) is 6.31. The number of nitrogens with one attached hydrogen (secondary N) is 3. The summed E-state index contributed by atoms with van der Waals surface area (Å²) >= 11 is 3.50. The lowest BCUT2D eigenvalue weighted by Gasteiger charge is -2.26. The fourth-order valence-electron chi connectivity index (χ4n) is 3.13. The number of rotatable bonds is 5. The van der Waals surface area contributed by atoms with Crippen LogP contribution in [0.2, 0.25) is 0 Å². The molecule has 1 aliphatic heterocycles. The van der Waals surface area contributed by atoms with Crippen LogP contribution in [0.3, 0.4) is 0 Å². The van der Waals surface area contributed by atoms with Crippen LogP contribution < -0.4 is 20.7 Å². The molecule has 1 unspecified atom stereocenters. The highest BCUT2D eigenvalue weighted by Gasteiger charge is 2.24. The molecule has 0 spiro atoms. The molecule has 0 radical (unpaired) electrons. The Morgan fingerprint density at radius 1 is 1.30 bits per heavy atom. The van der Waals surface area contributed by atoms with Gasteiger partial charge in [0.1, 0.15) is 5.75 Å². The van der Waals surface area contributed by atoms with Crippen LogP contribution in [0.25, 0.3) is 0 Å². The molecule has 142 valence electrons. The molecule has 1 amide bonds. The molecule has 2 aromatic rings. The van der Waals surface area contributed by atoms with Crippen LogP contribution in [0.15, 0.2) is 51.9 Å². The van der Waals surface area contributed by atoms with E-state index in [4.69, 9.17) is 4.74 Å². The molecule has 1 heterocycles. The van der Waals surface area contributed by atoms with Crippen LogP contribution in [-0.4, -0.2) is 32.6 Å². The summed E-state index contributed by atoms with van der Waals surface area (Å²) in [5.41, 5.74) is 3.15. The van der Waals surface area contributed by atoms with Crippen molar-refractivity contribution in [1.29, 1.82) is 0 Å². The number of aliphatic imine (C=N–C) groups is 1. The van der Waals surface area contributed by atoms with Gasteiger partial charge in [-0.3, -0.25) is 9.79 Å². The van der Waals surface area contributed by atoms with E-state index in [0.29, 0.717) is 25.5 Å². The number of para-hydroxylation sites is 1. The number of guanidine groups is 1. The summed E-state index contributed by atoms with van der Waals surface area (Å²) in [4.78, 5) is 16.2. The highest BCUT2D eigenvalue weighted by Crippen LogP contribution is 2.31. The van der Waals surface area contributed by atoms with Crippen molar-refractivity contribution < 1.29 is 9.53 Å². The van der Waals surface area contributed by atoms with Crippen molar-refractivity contribution in [3.63, 3.8) is 0 Å². The number of nitrogens with zero attached hydrogens (tertiary/aromatic N) is 1. The van der Waals surface area contributed by atoms with Gasteiger partial charge in [0.05, 0.1) is 11.6 Å². The molecule has 0 bridgehead atoms. The molecule has 27 heavy (non-hydrogen) atoms. The Morgan fingerprint density at radius 2 is 2.11 bits per heavy atom. The molecule has 6 nitrogen and oxygen atoms in total. The van der Waals surface area contributed by atoms with Gasteiger partial charge in [-0.15, -0.1) is 0 Å². The van der Waals surface area contributed by atoms with Gasteiger partial charge in [0.2, 0.25) is 5.91 Å². The average Bonchev–Trinajstić information content (AvgIpc) is 2.68. The second kappa shape index (κ2) is 8.90. The lowest BCUT2D eigenvalue weighted by molar-refractivity contribution is -0.116. The summed E-state index contributed by atoms with van der Waals surface area (Å²) < 4.78 is 6.17. The predicted molar refractivity (Wildman–Crippen MR) is 111 cm³/mol. The van der Waals surface area contributed by atoms with E-state index < -0.39 is 0 Å². The van der Waals surface area contributed by atoms with Gasteiger partial charge in [0.15, 0.2) is 5.96 Å². The van der Waals surface area contributed by atoms with Crippen molar-refractivity contribution in [2.24, 2.45) is 4.99 Å². The van der Waals surface area contributed by atoms with E-state index >= 15 is 0 Å². The Kier molecular flexibility index (Phi) is 6.34. The maximum Gasteiger partial charge on any atom is 0.225 e. The first-order valence-corrected chi connectivity index (χ1v) is 9.55. The van der Waals surface area contributed by atoms with Gasteiger partial charge in [0, 0.05) is 38.2 Å². The molecule has 0 fully saturated rings. The number of carbonyl (C=O) groups is 1. The second-order valence-corrected chi connectivity index (χ2v) is 7.17. The maximum atomic E-state index is 11.9. The quantitative estimate of drug-likeness (QED) is 0.502. The molecule has 0 saturated heterocycles.